The molecule has 3 rings (SSSR count). The molecule has 0 N–H and O–H groups in total. The molecular weight excluding hydrogens is 362 g/mol. The average Bonchev–Trinajstić information content (AvgIpc) is 2.88. The van der Waals surface area contributed by atoms with Crippen molar-refractivity contribution in [3.63, 3.8) is 0 Å². The number of carbonyl (C=O) groups is 3. The summed E-state index contributed by atoms with van der Waals surface area (Å²) in [5.74, 6) is -1.72. The smallest absolute Gasteiger partial charge is 0.270 e. The maximum atomic E-state index is 12.6. The summed E-state index contributed by atoms with van der Waals surface area (Å²) in [6, 6.07) is 9.40. The van der Waals surface area contributed by atoms with E-state index in [1.165, 1.54) is 17.0 Å². The molecule has 144 valence electrons. The number of carbonyl (C=O) groups excluding carboxylic acids is 3. The molecule has 2 aromatic carbocycles. The zero-order valence-corrected chi connectivity index (χ0v) is 15.8. The van der Waals surface area contributed by atoms with Gasteiger partial charge in [0.15, 0.2) is 0 Å². The van der Waals surface area contributed by atoms with E-state index in [-0.39, 0.29) is 16.8 Å². The van der Waals surface area contributed by atoms with Crippen LogP contribution < -0.4 is 0 Å². The monoisotopic (exact) mass is 381 g/mol. The minimum atomic E-state index is -0.697. The van der Waals surface area contributed by atoms with Gasteiger partial charge in [0, 0.05) is 25.7 Å². The second-order valence-corrected chi connectivity index (χ2v) is 6.86. The number of rotatable bonds is 5. The number of benzene rings is 2. The Kier molecular flexibility index (Phi) is 4.96. The van der Waals surface area contributed by atoms with Crippen molar-refractivity contribution in [3.8, 4) is 0 Å². The van der Waals surface area contributed by atoms with E-state index in [0.717, 1.165) is 27.7 Å². The first kappa shape index (κ1) is 19.2. The third-order valence-electron chi connectivity index (χ3n) is 4.79. The number of hydrogen-bond acceptors (Lipinski definition) is 5. The molecule has 1 heterocycles. The van der Waals surface area contributed by atoms with Crippen LogP contribution in [0.15, 0.2) is 36.4 Å². The summed E-state index contributed by atoms with van der Waals surface area (Å²) >= 11 is 0. The molecule has 28 heavy (non-hydrogen) atoms. The summed E-state index contributed by atoms with van der Waals surface area (Å²) in [7, 11) is 1.60. The topological polar surface area (TPSA) is 101 Å². The third kappa shape index (κ3) is 3.48. The molecule has 3 amide bonds. The Morgan fingerprint density at radius 3 is 2.39 bits per heavy atom. The molecule has 1 aliphatic rings. The molecule has 0 bridgehead atoms. The lowest BCUT2D eigenvalue weighted by Gasteiger charge is -2.21. The largest absolute Gasteiger partial charge is 0.340 e. The van der Waals surface area contributed by atoms with Gasteiger partial charge in [-0.3, -0.25) is 29.4 Å². The van der Waals surface area contributed by atoms with Crippen molar-refractivity contribution in [1.29, 1.82) is 0 Å². The van der Waals surface area contributed by atoms with Crippen molar-refractivity contribution < 1.29 is 19.3 Å². The molecule has 0 spiro atoms. The van der Waals surface area contributed by atoms with E-state index in [9.17, 15) is 24.5 Å². The van der Waals surface area contributed by atoms with Gasteiger partial charge in [-0.05, 0) is 31.0 Å². The molecular formula is C20H19N3O5. The fraction of sp³-hybridized carbons (Fsp3) is 0.250. The summed E-state index contributed by atoms with van der Waals surface area (Å²) in [4.78, 5) is 50.1. The molecule has 0 unspecified atom stereocenters. The maximum Gasteiger partial charge on any atom is 0.270 e. The fourth-order valence-corrected chi connectivity index (χ4v) is 3.16. The summed E-state index contributed by atoms with van der Waals surface area (Å²) in [5.41, 5.74) is 2.88. The van der Waals surface area contributed by atoms with Crippen molar-refractivity contribution in [2.45, 2.75) is 20.4 Å². The summed E-state index contributed by atoms with van der Waals surface area (Å²) in [5, 5.41) is 10.9. The van der Waals surface area contributed by atoms with Crippen LogP contribution in [0.3, 0.4) is 0 Å². The van der Waals surface area contributed by atoms with Crippen LogP contribution in [0.1, 0.15) is 37.4 Å². The number of hydrogen-bond donors (Lipinski definition) is 0. The molecule has 0 aromatic heterocycles. The Morgan fingerprint density at radius 1 is 1.07 bits per heavy atom. The normalized spacial score (nSPS) is 12.9. The predicted molar refractivity (Wildman–Crippen MR) is 101 cm³/mol. The van der Waals surface area contributed by atoms with E-state index in [1.807, 2.05) is 32.0 Å². The standard InChI is InChI=1S/C20H19N3O5/c1-12-4-5-14(13(2)8-12)10-21(3)18(24)11-22-19(25)16-7-6-15(23(27)28)9-17(16)20(22)26/h4-9H,10-11H2,1-3H3. The first-order chi connectivity index (χ1) is 13.2. The number of non-ortho nitro benzene ring substituents is 1. The van der Waals surface area contributed by atoms with Crippen molar-refractivity contribution in [1.82, 2.24) is 9.80 Å². The van der Waals surface area contributed by atoms with Gasteiger partial charge in [-0.1, -0.05) is 23.8 Å². The van der Waals surface area contributed by atoms with Gasteiger partial charge in [-0.2, -0.15) is 0 Å². The van der Waals surface area contributed by atoms with Crippen LogP contribution in [0.25, 0.3) is 0 Å². The molecule has 2 aromatic rings. The van der Waals surface area contributed by atoms with Gasteiger partial charge in [0.2, 0.25) is 5.91 Å². The zero-order chi connectivity index (χ0) is 20.6. The lowest BCUT2D eigenvalue weighted by atomic mass is 10.1. The fourth-order valence-electron chi connectivity index (χ4n) is 3.16. The quantitative estimate of drug-likeness (QED) is 0.450. The highest BCUT2D eigenvalue weighted by atomic mass is 16.6. The van der Waals surface area contributed by atoms with E-state index < -0.39 is 29.2 Å². The van der Waals surface area contributed by atoms with Gasteiger partial charge in [0.25, 0.3) is 17.5 Å². The van der Waals surface area contributed by atoms with Gasteiger partial charge in [-0.15, -0.1) is 0 Å². The molecule has 0 radical (unpaired) electrons. The average molecular weight is 381 g/mol. The number of fused-ring (bicyclic) bond motifs is 1. The Hall–Kier alpha value is -3.55. The van der Waals surface area contributed by atoms with Gasteiger partial charge in [0.1, 0.15) is 6.54 Å². The highest BCUT2D eigenvalue weighted by molar-refractivity contribution is 6.22. The SMILES string of the molecule is Cc1ccc(CN(C)C(=O)CN2C(=O)c3ccc([N+](=O)[O-])cc3C2=O)c(C)c1. The van der Waals surface area contributed by atoms with Crippen molar-refractivity contribution in [2.75, 3.05) is 13.6 Å². The number of likely N-dealkylation sites (N-methyl/N-ethyl adjacent to an activating group) is 1. The number of imide groups is 1. The molecule has 0 atom stereocenters. The third-order valence-corrected chi connectivity index (χ3v) is 4.79. The Morgan fingerprint density at radius 2 is 1.75 bits per heavy atom. The van der Waals surface area contributed by atoms with Gasteiger partial charge in [-0.25, -0.2) is 0 Å². The highest BCUT2D eigenvalue weighted by Crippen LogP contribution is 2.26. The Labute approximate surface area is 161 Å². The van der Waals surface area contributed by atoms with Crippen molar-refractivity contribution in [3.05, 3.63) is 74.3 Å². The maximum absolute atomic E-state index is 12.6. The number of nitro benzene ring substituents is 1. The van der Waals surface area contributed by atoms with Crippen LogP contribution in [-0.4, -0.2) is 46.0 Å². The summed E-state index contributed by atoms with van der Waals surface area (Å²) in [6.45, 7) is 3.87. The molecule has 0 saturated heterocycles. The lowest BCUT2D eigenvalue weighted by molar-refractivity contribution is -0.384. The molecule has 0 saturated carbocycles. The van der Waals surface area contributed by atoms with Crippen molar-refractivity contribution in [2.24, 2.45) is 0 Å². The summed E-state index contributed by atoms with van der Waals surface area (Å²) in [6.07, 6.45) is 0. The van der Waals surface area contributed by atoms with Crippen molar-refractivity contribution >= 4 is 23.4 Å². The minimum absolute atomic E-state index is 0.0518. The van der Waals surface area contributed by atoms with Crippen LogP contribution in [0.5, 0.6) is 0 Å². The highest BCUT2D eigenvalue weighted by Gasteiger charge is 2.38. The van der Waals surface area contributed by atoms with Gasteiger partial charge >= 0.3 is 0 Å². The molecule has 0 aliphatic carbocycles. The lowest BCUT2D eigenvalue weighted by Crippen LogP contribution is -2.41. The second kappa shape index (κ2) is 7.22. The zero-order valence-electron chi connectivity index (χ0n) is 15.8. The van der Waals surface area contributed by atoms with Crippen LogP contribution in [0.2, 0.25) is 0 Å². The van der Waals surface area contributed by atoms with E-state index >= 15 is 0 Å². The molecule has 0 fully saturated rings. The van der Waals surface area contributed by atoms with Crippen LogP contribution in [-0.2, 0) is 11.3 Å². The van der Waals surface area contributed by atoms with Gasteiger partial charge < -0.3 is 4.90 Å². The second-order valence-electron chi connectivity index (χ2n) is 6.86. The predicted octanol–water partition coefficient (Wildman–Crippen LogP) is 2.47. The van der Waals surface area contributed by atoms with Crippen LogP contribution in [0.4, 0.5) is 5.69 Å². The number of nitro groups is 1. The number of nitrogens with zero attached hydrogens (tertiary/aromatic N) is 3. The molecule has 1 aliphatic heterocycles. The van der Waals surface area contributed by atoms with Crippen LogP contribution >= 0.6 is 0 Å². The number of amides is 3. The Bertz CT molecular complexity index is 1010. The van der Waals surface area contributed by atoms with Crippen LogP contribution in [0, 0.1) is 24.0 Å². The molecule has 8 heteroatoms. The number of aryl methyl sites for hydroxylation is 2. The Balaban J connectivity index is 1.74. The summed E-state index contributed by atoms with van der Waals surface area (Å²) < 4.78 is 0. The van der Waals surface area contributed by atoms with E-state index in [4.69, 9.17) is 0 Å². The van der Waals surface area contributed by atoms with E-state index in [2.05, 4.69) is 0 Å². The minimum Gasteiger partial charge on any atom is -0.340 e. The molecule has 8 nitrogen and oxygen atoms in total. The first-order valence-corrected chi connectivity index (χ1v) is 8.63. The van der Waals surface area contributed by atoms with E-state index in [0.29, 0.717) is 6.54 Å². The van der Waals surface area contributed by atoms with Gasteiger partial charge in [0.05, 0.1) is 16.1 Å². The van der Waals surface area contributed by atoms with E-state index in [1.54, 1.807) is 7.05 Å². The first-order valence-electron chi connectivity index (χ1n) is 8.63.